The molecule has 6 rings (SSSR count). The van der Waals surface area contributed by atoms with Gasteiger partial charge < -0.3 is 58.9 Å². The molecule has 8 atom stereocenters. The van der Waals surface area contributed by atoms with Crippen molar-refractivity contribution in [2.24, 2.45) is 5.92 Å². The Morgan fingerprint density at radius 3 is 2.40 bits per heavy atom. The zero-order chi connectivity index (χ0) is 56.7. The van der Waals surface area contributed by atoms with Gasteiger partial charge in [0.1, 0.15) is 34.6 Å². The minimum Gasteiger partial charge on any atom is -0.495 e. The summed E-state index contributed by atoms with van der Waals surface area (Å²) in [6, 6.07) is 7.36. The number of unbranched alkanes of at least 4 members (excludes halogenated alkanes) is 1. The molecule has 4 bridgehead atoms. The van der Waals surface area contributed by atoms with E-state index in [9.17, 15) is 28.8 Å². The highest BCUT2D eigenvalue weighted by molar-refractivity contribution is 9.09. The Hall–Kier alpha value is -5.23. The van der Waals surface area contributed by atoms with Crippen LogP contribution in [0.1, 0.15) is 93.5 Å². The second-order valence-corrected chi connectivity index (χ2v) is 21.3. The molecule has 3 aliphatic heterocycles. The molecule has 2 fully saturated rings. The van der Waals surface area contributed by atoms with Crippen LogP contribution in [0.2, 0.25) is 5.02 Å². The number of amides is 5. The highest BCUT2D eigenvalue weighted by atomic mass is 79.9. The normalized spacial score (nSPS) is 23.9. The summed E-state index contributed by atoms with van der Waals surface area (Å²) < 4.78 is 41.2. The SMILES string of the molecule is COc1cc2cc(c1Cl)N(C)C(=O)C[C@H](OC(=O)[C@H](CCCCNC(=O)CCOCCOCCNC(=O)c1ccc3nc(CBr)c(CBr)nc3c1)N(C)C(C)=O)[C@]1(C)O[C@H]1[C@H](C)[C@@H]1C[C@@H](NC(=O)O1)[C@H](OC)/C=C/C=C(\C)C2. The van der Waals surface area contributed by atoms with Crippen molar-refractivity contribution in [3.05, 3.63) is 81.7 Å². The average Bonchev–Trinajstić information content (AvgIpc) is 4.31. The van der Waals surface area contributed by atoms with Crippen LogP contribution in [0.5, 0.6) is 5.75 Å². The molecule has 5 amide bonds. The van der Waals surface area contributed by atoms with Gasteiger partial charge in [0.2, 0.25) is 17.7 Å². The largest absolute Gasteiger partial charge is 0.495 e. The summed E-state index contributed by atoms with van der Waals surface area (Å²) >= 11 is 13.7. The van der Waals surface area contributed by atoms with Gasteiger partial charge in [-0.05, 0) is 75.4 Å². The number of nitrogens with zero attached hydrogens (tertiary/aromatic N) is 4. The number of hydrogen-bond acceptors (Lipinski definition) is 15. The van der Waals surface area contributed by atoms with E-state index in [-0.39, 0.29) is 75.0 Å². The van der Waals surface area contributed by atoms with Gasteiger partial charge >= 0.3 is 12.1 Å². The molecule has 0 aliphatic carbocycles. The number of alkyl carbamates (subject to hydrolysis) is 1. The molecular weight excluding hydrogens is 1160 g/mol. The van der Waals surface area contributed by atoms with Crippen molar-refractivity contribution in [1.29, 1.82) is 0 Å². The molecule has 1 aromatic heterocycles. The molecule has 0 radical (unpaired) electrons. The lowest BCUT2D eigenvalue weighted by Gasteiger charge is -2.36. The van der Waals surface area contributed by atoms with Crippen LogP contribution in [0.3, 0.4) is 0 Å². The number of esters is 1. The Labute approximate surface area is 477 Å². The van der Waals surface area contributed by atoms with Crippen LogP contribution in [0.25, 0.3) is 11.0 Å². The number of ether oxygens (including phenoxy) is 7. The Kier molecular flexibility index (Phi) is 23.3. The van der Waals surface area contributed by atoms with Crippen LogP contribution < -0.4 is 25.6 Å². The van der Waals surface area contributed by atoms with Gasteiger partial charge in [-0.25, -0.2) is 19.6 Å². The summed E-state index contributed by atoms with van der Waals surface area (Å²) in [5.41, 5.74) is 4.43. The summed E-state index contributed by atoms with van der Waals surface area (Å²) in [5.74, 6) is -2.06. The maximum absolute atomic E-state index is 14.4. The van der Waals surface area contributed by atoms with E-state index >= 15 is 0 Å². The number of allylic oxidation sites excluding steroid dienone is 3. The monoisotopic (exact) mass is 1230 g/mol. The lowest BCUT2D eigenvalue weighted by molar-refractivity contribution is -0.162. The first kappa shape index (κ1) is 62.0. The van der Waals surface area contributed by atoms with Crippen LogP contribution in [-0.2, 0) is 64.7 Å². The summed E-state index contributed by atoms with van der Waals surface area (Å²) in [6.45, 7) is 8.53. The number of hydrogen-bond donors (Lipinski definition) is 3. The third kappa shape index (κ3) is 16.4. The number of benzene rings is 2. The Morgan fingerprint density at radius 1 is 0.987 bits per heavy atom. The van der Waals surface area contributed by atoms with Crippen molar-refractivity contribution < 1.29 is 61.9 Å². The van der Waals surface area contributed by atoms with Gasteiger partial charge in [0, 0.05) is 76.2 Å². The van der Waals surface area contributed by atoms with Gasteiger partial charge in [-0.2, -0.15) is 0 Å². The predicted octanol–water partition coefficient (Wildman–Crippen LogP) is 7.07. The number of nitrogens with one attached hydrogen (secondary N) is 3. The smallest absolute Gasteiger partial charge is 0.407 e. The van der Waals surface area contributed by atoms with Crippen molar-refractivity contribution in [2.45, 2.75) is 125 Å². The Balaban J connectivity index is 1.00. The van der Waals surface area contributed by atoms with Crippen LogP contribution in [-0.4, -0.2) is 160 Å². The van der Waals surface area contributed by atoms with E-state index in [1.807, 2.05) is 44.2 Å². The zero-order valence-corrected chi connectivity index (χ0v) is 49.4. The predicted molar refractivity (Wildman–Crippen MR) is 300 cm³/mol. The van der Waals surface area contributed by atoms with Crippen molar-refractivity contribution in [3.63, 3.8) is 0 Å². The van der Waals surface area contributed by atoms with E-state index in [1.54, 1.807) is 39.3 Å². The Morgan fingerprint density at radius 2 is 1.71 bits per heavy atom. The lowest BCUT2D eigenvalue weighted by atomic mass is 9.84. The summed E-state index contributed by atoms with van der Waals surface area (Å²) in [4.78, 5) is 92.1. The summed E-state index contributed by atoms with van der Waals surface area (Å²) in [7, 11) is 6.17. The second kappa shape index (κ2) is 29.3. The van der Waals surface area contributed by atoms with E-state index in [4.69, 9.17) is 44.8 Å². The lowest BCUT2D eigenvalue weighted by Crippen LogP contribution is -2.53. The average molecular weight is 1230 g/mol. The third-order valence-corrected chi connectivity index (χ3v) is 15.7. The molecule has 426 valence electrons. The minimum atomic E-state index is -1.21. The van der Waals surface area contributed by atoms with Gasteiger partial charge in [0.05, 0.1) is 86.3 Å². The molecule has 3 N–H and O–H groups in total. The standard InChI is InChI=1S/C55H72Br2ClN7O13/c1-32-12-11-14-44(72-7)39-28-45(76-54(71)63-39)33(2)51-55(4,78-51)47(29-49(68)65(6)43-25-35(24-32)26-46(73-8)50(43)58)77-53(70)42(64(5)34(3)66)13-9-10-18-59-48(67)17-20-74-22-23-75-21-19-60-52(69)36-15-16-37-38(27-36)62-41(31-57)40(30-56)61-37/h11-12,14-16,25-27,33,39,42,44-45,47,51H,9-10,13,17-24,28-31H2,1-8H3,(H,59,67)(H,60,69)(H,63,71)/b14-11+,32-12+/t33-,39-,42+,44-,45+,47+,51+,55+/m1/s1. The number of epoxide rings is 1. The number of alkyl halides is 2. The van der Waals surface area contributed by atoms with E-state index in [2.05, 4.69) is 57.8 Å². The molecule has 78 heavy (non-hydrogen) atoms. The molecule has 2 aromatic carbocycles. The number of likely N-dealkylation sites (N-methyl/N-ethyl adjacent to an activating group) is 1. The fourth-order valence-electron chi connectivity index (χ4n) is 9.55. The van der Waals surface area contributed by atoms with E-state index in [0.717, 1.165) is 22.5 Å². The number of carbonyl (C=O) groups excluding carboxylic acids is 6. The van der Waals surface area contributed by atoms with Crippen LogP contribution in [0, 0.1) is 5.92 Å². The fourth-order valence-corrected chi connectivity index (χ4v) is 10.8. The number of carbonyl (C=O) groups is 6. The molecule has 0 saturated carbocycles. The van der Waals surface area contributed by atoms with E-state index < -0.39 is 66.0 Å². The zero-order valence-electron chi connectivity index (χ0n) is 45.5. The maximum Gasteiger partial charge on any atom is 0.407 e. The quantitative estimate of drug-likeness (QED) is 0.0395. The minimum absolute atomic E-state index is 0.117. The molecule has 2 saturated heterocycles. The van der Waals surface area contributed by atoms with Crippen molar-refractivity contribution in [2.75, 3.05) is 72.7 Å². The molecule has 3 aliphatic rings. The van der Waals surface area contributed by atoms with Gasteiger partial charge in [0.25, 0.3) is 5.91 Å². The van der Waals surface area contributed by atoms with E-state index in [0.29, 0.717) is 70.9 Å². The number of anilines is 1. The molecule has 3 aromatic rings. The summed E-state index contributed by atoms with van der Waals surface area (Å²) in [5, 5.41) is 9.94. The highest BCUT2D eigenvalue weighted by Crippen LogP contribution is 2.49. The highest BCUT2D eigenvalue weighted by Gasteiger charge is 2.64. The second-order valence-electron chi connectivity index (χ2n) is 19.8. The Bertz CT molecular complexity index is 2700. The van der Waals surface area contributed by atoms with Crippen molar-refractivity contribution in [3.8, 4) is 5.75 Å². The first-order chi connectivity index (χ1) is 37.3. The maximum atomic E-state index is 14.4. The van der Waals surface area contributed by atoms with Crippen LogP contribution >= 0.6 is 43.5 Å². The number of rotatable bonds is 22. The van der Waals surface area contributed by atoms with Crippen molar-refractivity contribution in [1.82, 2.24) is 30.8 Å². The molecule has 23 heteroatoms. The van der Waals surface area contributed by atoms with Gasteiger partial charge in [-0.1, -0.05) is 74.2 Å². The van der Waals surface area contributed by atoms with E-state index in [1.165, 1.54) is 30.9 Å². The van der Waals surface area contributed by atoms with Gasteiger partial charge in [0.15, 0.2) is 0 Å². The topological polar surface area (TPSA) is 239 Å². The number of fused-ring (bicyclic) bond motifs is 6. The molecule has 20 nitrogen and oxygen atoms in total. The first-order valence-electron chi connectivity index (χ1n) is 26.0. The number of halogens is 3. The third-order valence-electron chi connectivity index (χ3n) is 14.3. The van der Waals surface area contributed by atoms with Crippen LogP contribution in [0.4, 0.5) is 10.5 Å². The van der Waals surface area contributed by atoms with Crippen molar-refractivity contribution >= 4 is 95.9 Å². The number of methoxy groups -OCH3 is 2. The first-order valence-corrected chi connectivity index (χ1v) is 28.6. The molecule has 0 spiro atoms. The van der Waals surface area contributed by atoms with Crippen LogP contribution in [0.15, 0.2) is 54.1 Å². The number of aromatic nitrogens is 2. The van der Waals surface area contributed by atoms with Gasteiger partial charge in [-0.15, -0.1) is 0 Å². The molecule has 4 heterocycles. The fraction of sp³-hybridized carbons (Fsp3) is 0.564. The van der Waals surface area contributed by atoms with Gasteiger partial charge in [-0.3, -0.25) is 19.2 Å². The summed E-state index contributed by atoms with van der Waals surface area (Å²) in [6.07, 6.45) is 4.02. The molecular formula is C55H72Br2ClN7O13. The molecule has 0 unspecified atom stereocenters.